The summed E-state index contributed by atoms with van der Waals surface area (Å²) in [6, 6.07) is 0. The van der Waals surface area contributed by atoms with Crippen LogP contribution < -0.4 is 10.6 Å². The van der Waals surface area contributed by atoms with Crippen LogP contribution >= 0.6 is 23.4 Å². The van der Waals surface area contributed by atoms with E-state index in [-0.39, 0.29) is 10.8 Å². The van der Waals surface area contributed by atoms with Crippen molar-refractivity contribution < 1.29 is 14.7 Å². The van der Waals surface area contributed by atoms with Crippen LogP contribution in [0.1, 0.15) is 6.42 Å². The van der Waals surface area contributed by atoms with Gasteiger partial charge in [0.25, 0.3) is 5.24 Å². The van der Waals surface area contributed by atoms with Crippen LogP contribution in [0.25, 0.3) is 0 Å². The smallest absolute Gasteiger partial charge is 0.287 e. The van der Waals surface area contributed by atoms with E-state index in [0.717, 1.165) is 18.0 Å². The Morgan fingerprint density at radius 2 is 2.33 bits per heavy atom. The molecule has 1 heterocycles. The number of rotatable bonds is 4. The highest BCUT2D eigenvalue weighted by Crippen LogP contribution is 2.16. The fourth-order valence-electron chi connectivity index (χ4n) is 1.29. The Kier molecular flexibility index (Phi) is 5.97. The van der Waals surface area contributed by atoms with E-state index < -0.39 is 5.24 Å². The van der Waals surface area contributed by atoms with E-state index in [1.54, 1.807) is 0 Å². The molecule has 0 aliphatic carbocycles. The van der Waals surface area contributed by atoms with Crippen LogP contribution in [0.3, 0.4) is 0 Å². The minimum atomic E-state index is -0.393. The molecule has 1 rings (SSSR count). The van der Waals surface area contributed by atoms with Gasteiger partial charge in [-0.05, 0) is 11.8 Å². The van der Waals surface area contributed by atoms with Gasteiger partial charge >= 0.3 is 0 Å². The summed E-state index contributed by atoms with van der Waals surface area (Å²) >= 11 is 6.17. The van der Waals surface area contributed by atoms with Gasteiger partial charge in [0.1, 0.15) is 12.0 Å². The minimum Gasteiger partial charge on any atom is -0.506 e. The van der Waals surface area contributed by atoms with Gasteiger partial charge in [-0.25, -0.2) is 0 Å². The summed E-state index contributed by atoms with van der Waals surface area (Å²) < 4.78 is 0. The van der Waals surface area contributed by atoms with Crippen LogP contribution in [-0.2, 0) is 4.79 Å². The van der Waals surface area contributed by atoms with E-state index in [0.29, 0.717) is 30.8 Å². The number of carbonyl (C=O) groups excluding carboxylic acids is 2. The van der Waals surface area contributed by atoms with Crippen LogP contribution in [0.5, 0.6) is 0 Å². The average Bonchev–Trinajstić information content (AvgIpc) is 2.36. The lowest BCUT2D eigenvalue weighted by Gasteiger charge is -2.18. The molecule has 0 fully saturated rings. The van der Waals surface area contributed by atoms with Crippen LogP contribution in [-0.4, -0.2) is 29.7 Å². The highest BCUT2D eigenvalue weighted by Gasteiger charge is 2.14. The number of aliphatic hydroxyl groups excluding tert-OH is 1. The summed E-state index contributed by atoms with van der Waals surface area (Å²) in [6.07, 6.45) is 1.30. The molecule has 0 saturated heterocycles. The summed E-state index contributed by atoms with van der Waals surface area (Å²) in [6.45, 7) is 4.47. The molecule has 1 aliphatic rings. The Hall–Kier alpha value is -1.24. The normalized spacial score (nSPS) is 16.4. The van der Waals surface area contributed by atoms with Crippen molar-refractivity contribution in [3.05, 3.63) is 34.0 Å². The summed E-state index contributed by atoms with van der Waals surface area (Å²) in [5.41, 5.74) is 1.14. The first-order chi connectivity index (χ1) is 8.54. The predicted molar refractivity (Wildman–Crippen MR) is 72.4 cm³/mol. The molecule has 0 saturated carbocycles. The topological polar surface area (TPSA) is 78.4 Å². The van der Waals surface area contributed by atoms with E-state index in [2.05, 4.69) is 17.2 Å². The quantitative estimate of drug-likeness (QED) is 0.419. The highest BCUT2D eigenvalue weighted by atomic mass is 35.5. The first-order valence-corrected chi connectivity index (χ1v) is 6.39. The lowest BCUT2D eigenvalue weighted by atomic mass is 10.1. The Balaban J connectivity index is 2.59. The third kappa shape index (κ3) is 4.56. The number of hydrogen-bond acceptors (Lipinski definition) is 5. The molecule has 18 heavy (non-hydrogen) atoms. The number of nitrogens with one attached hydrogen (secondary N) is 2. The van der Waals surface area contributed by atoms with Crippen molar-refractivity contribution in [1.82, 2.24) is 10.6 Å². The maximum absolute atomic E-state index is 11.6. The maximum Gasteiger partial charge on any atom is 0.287 e. The fraction of sp³-hybridized carbons (Fsp3) is 0.273. The molecule has 1 aliphatic heterocycles. The monoisotopic (exact) mass is 288 g/mol. The van der Waals surface area contributed by atoms with Gasteiger partial charge in [-0.15, -0.1) is 0 Å². The lowest BCUT2D eigenvalue weighted by molar-refractivity contribution is -0.105. The summed E-state index contributed by atoms with van der Waals surface area (Å²) in [5.74, 6) is -0.258. The first kappa shape index (κ1) is 14.8. The van der Waals surface area contributed by atoms with Crippen LogP contribution in [0.15, 0.2) is 34.0 Å². The molecule has 0 aromatic rings. The van der Waals surface area contributed by atoms with E-state index in [4.69, 9.17) is 11.6 Å². The van der Waals surface area contributed by atoms with Crippen molar-refractivity contribution in [2.75, 3.05) is 13.1 Å². The average molecular weight is 289 g/mol. The lowest BCUT2D eigenvalue weighted by Crippen LogP contribution is -2.32. The second-order valence-corrected chi connectivity index (χ2v) is 4.79. The summed E-state index contributed by atoms with van der Waals surface area (Å²) in [5, 5.41) is 15.6. The Morgan fingerprint density at radius 3 is 2.94 bits per heavy atom. The maximum atomic E-state index is 11.6. The SMILES string of the molecule is C=C(Cl)/C(O)=C\SC(=O)NC1=C(C=O)CNCC1. The van der Waals surface area contributed by atoms with Crippen molar-refractivity contribution in [1.29, 1.82) is 0 Å². The Morgan fingerprint density at radius 1 is 1.61 bits per heavy atom. The molecule has 1 amide bonds. The number of hydrogen-bond donors (Lipinski definition) is 3. The number of amides is 1. The number of thioether (sulfide) groups is 1. The van der Waals surface area contributed by atoms with Gasteiger partial charge in [0.2, 0.25) is 0 Å². The zero-order chi connectivity index (χ0) is 13.5. The molecule has 5 nitrogen and oxygen atoms in total. The summed E-state index contributed by atoms with van der Waals surface area (Å²) in [4.78, 5) is 22.3. The molecular formula is C11H13ClN2O3S. The zero-order valence-electron chi connectivity index (χ0n) is 9.53. The Labute approximate surface area is 114 Å². The first-order valence-electron chi connectivity index (χ1n) is 5.14. The highest BCUT2D eigenvalue weighted by molar-refractivity contribution is 8.16. The van der Waals surface area contributed by atoms with Crippen molar-refractivity contribution in [3.8, 4) is 0 Å². The number of aliphatic hydroxyl groups is 1. The molecule has 0 unspecified atom stereocenters. The largest absolute Gasteiger partial charge is 0.506 e. The van der Waals surface area contributed by atoms with Gasteiger partial charge < -0.3 is 15.7 Å². The molecule has 0 aromatic carbocycles. The molecule has 98 valence electrons. The molecule has 0 atom stereocenters. The standard InChI is InChI=1S/C11H13ClN2O3S/c1-7(12)10(16)6-18-11(17)14-9-2-3-13-4-8(9)5-15/h5-6,13,16H,1-4H2,(H,14,17)/b10-6+. The van der Waals surface area contributed by atoms with Gasteiger partial charge in [0.05, 0.1) is 5.03 Å². The van der Waals surface area contributed by atoms with Crippen molar-refractivity contribution in [2.24, 2.45) is 0 Å². The molecule has 0 aromatic heterocycles. The van der Waals surface area contributed by atoms with E-state index in [1.165, 1.54) is 5.41 Å². The second kappa shape index (κ2) is 7.25. The number of carbonyl (C=O) groups is 2. The summed E-state index contributed by atoms with van der Waals surface area (Å²) in [7, 11) is 0. The van der Waals surface area contributed by atoms with E-state index >= 15 is 0 Å². The van der Waals surface area contributed by atoms with Crippen molar-refractivity contribution in [3.63, 3.8) is 0 Å². The van der Waals surface area contributed by atoms with Crippen LogP contribution in [0, 0.1) is 0 Å². The van der Waals surface area contributed by atoms with Crippen molar-refractivity contribution in [2.45, 2.75) is 6.42 Å². The molecule has 0 spiro atoms. The third-order valence-corrected chi connectivity index (χ3v) is 3.06. The molecule has 0 radical (unpaired) electrons. The van der Waals surface area contributed by atoms with Gasteiger partial charge in [-0.2, -0.15) is 0 Å². The molecule has 0 bridgehead atoms. The predicted octanol–water partition coefficient (Wildman–Crippen LogP) is 2.03. The zero-order valence-corrected chi connectivity index (χ0v) is 11.1. The van der Waals surface area contributed by atoms with E-state index in [9.17, 15) is 14.7 Å². The molecule has 3 N–H and O–H groups in total. The van der Waals surface area contributed by atoms with Gasteiger partial charge in [0.15, 0.2) is 0 Å². The van der Waals surface area contributed by atoms with Gasteiger partial charge in [0, 0.05) is 36.2 Å². The van der Waals surface area contributed by atoms with Crippen molar-refractivity contribution >= 4 is 34.9 Å². The number of aldehydes is 1. The van der Waals surface area contributed by atoms with Gasteiger partial charge in [-0.3, -0.25) is 9.59 Å². The van der Waals surface area contributed by atoms with Crippen LogP contribution in [0.2, 0.25) is 0 Å². The van der Waals surface area contributed by atoms with E-state index in [1.807, 2.05) is 0 Å². The Bertz CT molecular complexity index is 432. The third-order valence-electron chi connectivity index (χ3n) is 2.21. The number of allylic oxidation sites excluding steroid dienone is 1. The number of halogens is 1. The molecular weight excluding hydrogens is 276 g/mol. The van der Waals surface area contributed by atoms with Gasteiger partial charge in [-0.1, -0.05) is 18.2 Å². The fourth-order valence-corrected chi connectivity index (χ4v) is 1.95. The second-order valence-electron chi connectivity index (χ2n) is 3.49. The van der Waals surface area contributed by atoms with Crippen LogP contribution in [0.4, 0.5) is 4.79 Å². The molecule has 7 heteroatoms. The minimum absolute atomic E-state index is 0.0371.